The first-order chi connectivity index (χ1) is 10.5. The Morgan fingerprint density at radius 1 is 1.00 bits per heavy atom. The van der Waals surface area contributed by atoms with Crippen molar-refractivity contribution in [2.45, 2.75) is 6.92 Å². The molecule has 0 bridgehead atoms. The predicted octanol–water partition coefficient (Wildman–Crippen LogP) is 3.10. The van der Waals surface area contributed by atoms with Crippen LogP contribution in [-0.2, 0) is 4.79 Å². The van der Waals surface area contributed by atoms with E-state index in [2.05, 4.69) is 5.32 Å². The lowest BCUT2D eigenvalue weighted by molar-refractivity contribution is -0.114. The second-order valence-electron chi connectivity index (χ2n) is 4.86. The molecule has 3 amide bonds. The third-order valence-corrected chi connectivity index (χ3v) is 3.53. The van der Waals surface area contributed by atoms with Gasteiger partial charge in [0.1, 0.15) is 0 Å². The predicted molar refractivity (Wildman–Crippen MR) is 83.3 cm³/mol. The van der Waals surface area contributed by atoms with Crippen LogP contribution in [-0.4, -0.2) is 17.7 Å². The van der Waals surface area contributed by atoms with E-state index in [0.717, 1.165) is 4.90 Å². The molecule has 0 aliphatic carbocycles. The first-order valence-electron chi connectivity index (χ1n) is 6.53. The van der Waals surface area contributed by atoms with Gasteiger partial charge in [0.2, 0.25) is 5.91 Å². The highest BCUT2D eigenvalue weighted by molar-refractivity contribution is 6.36. The van der Waals surface area contributed by atoms with E-state index in [-0.39, 0.29) is 11.8 Å². The molecule has 1 heterocycles. The zero-order chi connectivity index (χ0) is 15.9. The number of hydrogen-bond donors (Lipinski definition) is 1. The number of carbonyl (C=O) groups is 3. The molecule has 5 nitrogen and oxygen atoms in total. The smallest absolute Gasteiger partial charge is 0.266 e. The Morgan fingerprint density at radius 3 is 2.27 bits per heavy atom. The zero-order valence-corrected chi connectivity index (χ0v) is 12.3. The van der Waals surface area contributed by atoms with Crippen molar-refractivity contribution in [1.29, 1.82) is 0 Å². The van der Waals surface area contributed by atoms with Gasteiger partial charge in [-0.25, -0.2) is 4.90 Å². The van der Waals surface area contributed by atoms with Crippen molar-refractivity contribution >= 4 is 40.7 Å². The summed E-state index contributed by atoms with van der Waals surface area (Å²) in [6.45, 7) is 1.40. The van der Waals surface area contributed by atoms with E-state index in [1.54, 1.807) is 36.4 Å². The summed E-state index contributed by atoms with van der Waals surface area (Å²) < 4.78 is 0. The Labute approximate surface area is 131 Å². The Balaban J connectivity index is 1.95. The topological polar surface area (TPSA) is 66.5 Å². The third-order valence-electron chi connectivity index (χ3n) is 3.29. The minimum absolute atomic E-state index is 0.192. The second kappa shape index (κ2) is 5.27. The van der Waals surface area contributed by atoms with Crippen molar-refractivity contribution < 1.29 is 14.4 Å². The highest BCUT2D eigenvalue weighted by Crippen LogP contribution is 2.30. The largest absolute Gasteiger partial charge is 0.326 e. The molecule has 0 aromatic heterocycles. The maximum Gasteiger partial charge on any atom is 0.266 e. The number of hydrogen-bond acceptors (Lipinski definition) is 3. The van der Waals surface area contributed by atoms with E-state index in [4.69, 9.17) is 11.6 Å². The van der Waals surface area contributed by atoms with E-state index >= 15 is 0 Å². The van der Waals surface area contributed by atoms with Gasteiger partial charge in [0.05, 0.1) is 16.8 Å². The molecule has 2 aromatic carbocycles. The SMILES string of the molecule is CC(=O)Nc1ccc(N2C(=O)c3ccc(Cl)cc3C2=O)cc1. The summed E-state index contributed by atoms with van der Waals surface area (Å²) in [5.41, 5.74) is 1.66. The first kappa shape index (κ1) is 14.3. The van der Waals surface area contributed by atoms with Gasteiger partial charge in [0, 0.05) is 17.6 Å². The van der Waals surface area contributed by atoms with Crippen molar-refractivity contribution in [1.82, 2.24) is 0 Å². The summed E-state index contributed by atoms with van der Waals surface area (Å²) in [7, 11) is 0. The van der Waals surface area contributed by atoms with Gasteiger partial charge in [-0.15, -0.1) is 0 Å². The van der Waals surface area contributed by atoms with Crippen molar-refractivity contribution in [3.8, 4) is 0 Å². The number of benzene rings is 2. The number of rotatable bonds is 2. The van der Waals surface area contributed by atoms with Gasteiger partial charge >= 0.3 is 0 Å². The molecule has 0 atom stereocenters. The summed E-state index contributed by atoms with van der Waals surface area (Å²) in [4.78, 5) is 36.9. The normalized spacial score (nSPS) is 13.3. The van der Waals surface area contributed by atoms with Crippen molar-refractivity contribution in [2.75, 3.05) is 10.2 Å². The maximum atomic E-state index is 12.4. The van der Waals surface area contributed by atoms with Gasteiger partial charge in [0.25, 0.3) is 11.8 Å². The summed E-state index contributed by atoms with van der Waals surface area (Å²) in [6.07, 6.45) is 0. The molecule has 0 saturated carbocycles. The van der Waals surface area contributed by atoms with Gasteiger partial charge in [-0.3, -0.25) is 14.4 Å². The van der Waals surface area contributed by atoms with Crippen molar-refractivity contribution in [2.24, 2.45) is 0 Å². The number of nitrogens with zero attached hydrogens (tertiary/aromatic N) is 1. The molecule has 1 N–H and O–H groups in total. The number of anilines is 2. The van der Waals surface area contributed by atoms with Crippen LogP contribution >= 0.6 is 11.6 Å². The Bertz CT molecular complexity index is 800. The third kappa shape index (κ3) is 2.35. The van der Waals surface area contributed by atoms with E-state index in [9.17, 15) is 14.4 Å². The molecule has 3 rings (SSSR count). The molecule has 2 aromatic rings. The molecular weight excluding hydrogens is 304 g/mol. The molecule has 0 unspecified atom stereocenters. The highest BCUT2D eigenvalue weighted by Gasteiger charge is 2.36. The van der Waals surface area contributed by atoms with Crippen molar-refractivity contribution in [3.63, 3.8) is 0 Å². The lowest BCUT2D eigenvalue weighted by atomic mass is 10.1. The van der Waals surface area contributed by atoms with Crippen LogP contribution in [0.1, 0.15) is 27.6 Å². The maximum absolute atomic E-state index is 12.4. The van der Waals surface area contributed by atoms with Gasteiger partial charge < -0.3 is 5.32 Å². The number of halogens is 1. The van der Waals surface area contributed by atoms with Gasteiger partial charge in [-0.1, -0.05) is 11.6 Å². The van der Waals surface area contributed by atoms with Crippen molar-refractivity contribution in [3.05, 3.63) is 58.6 Å². The van der Waals surface area contributed by atoms with E-state index in [0.29, 0.717) is 27.5 Å². The standard InChI is InChI=1S/C16H11ClN2O3/c1-9(20)18-11-3-5-12(6-4-11)19-15(21)13-7-2-10(17)8-14(13)16(19)22/h2-8H,1H3,(H,18,20). The van der Waals surface area contributed by atoms with Crippen LogP contribution in [0.15, 0.2) is 42.5 Å². The molecular formula is C16H11ClN2O3. The summed E-state index contributed by atoms with van der Waals surface area (Å²) in [6, 6.07) is 11.1. The fourth-order valence-corrected chi connectivity index (χ4v) is 2.52. The Morgan fingerprint density at radius 2 is 1.64 bits per heavy atom. The van der Waals surface area contributed by atoms with Crippen LogP contribution in [0.4, 0.5) is 11.4 Å². The van der Waals surface area contributed by atoms with E-state index in [1.165, 1.54) is 13.0 Å². The summed E-state index contributed by atoms with van der Waals surface area (Å²) >= 11 is 5.88. The molecule has 1 aliphatic heterocycles. The summed E-state index contributed by atoms with van der Waals surface area (Å²) in [5, 5.41) is 3.03. The van der Waals surface area contributed by atoms with Gasteiger partial charge in [-0.05, 0) is 42.5 Å². The van der Waals surface area contributed by atoms with Crippen LogP contribution in [0.25, 0.3) is 0 Å². The number of nitrogens with one attached hydrogen (secondary N) is 1. The second-order valence-corrected chi connectivity index (χ2v) is 5.30. The molecule has 110 valence electrons. The van der Waals surface area contributed by atoms with E-state index in [1.807, 2.05) is 0 Å². The molecule has 6 heteroatoms. The van der Waals surface area contributed by atoms with Crippen LogP contribution < -0.4 is 10.2 Å². The highest BCUT2D eigenvalue weighted by atomic mass is 35.5. The molecule has 22 heavy (non-hydrogen) atoms. The quantitative estimate of drug-likeness (QED) is 0.866. The van der Waals surface area contributed by atoms with Crippen LogP contribution in [0.2, 0.25) is 5.02 Å². The number of imide groups is 1. The van der Waals surface area contributed by atoms with E-state index < -0.39 is 5.91 Å². The zero-order valence-electron chi connectivity index (χ0n) is 11.6. The monoisotopic (exact) mass is 314 g/mol. The minimum atomic E-state index is -0.408. The molecule has 0 spiro atoms. The van der Waals surface area contributed by atoms with Gasteiger partial charge in [-0.2, -0.15) is 0 Å². The first-order valence-corrected chi connectivity index (χ1v) is 6.91. The lowest BCUT2D eigenvalue weighted by Gasteiger charge is -2.14. The average Bonchev–Trinajstić information content (AvgIpc) is 2.71. The average molecular weight is 315 g/mol. The molecule has 1 aliphatic rings. The van der Waals surface area contributed by atoms with Crippen LogP contribution in [0.3, 0.4) is 0 Å². The number of amides is 3. The summed E-state index contributed by atoms with van der Waals surface area (Å²) in [5.74, 6) is -0.984. The van der Waals surface area contributed by atoms with Crippen LogP contribution in [0, 0.1) is 0 Å². The number of carbonyl (C=O) groups excluding carboxylic acids is 3. The Hall–Kier alpha value is -2.66. The number of fused-ring (bicyclic) bond motifs is 1. The minimum Gasteiger partial charge on any atom is -0.326 e. The fraction of sp³-hybridized carbons (Fsp3) is 0.0625. The van der Waals surface area contributed by atoms with Crippen LogP contribution in [0.5, 0.6) is 0 Å². The molecule has 0 radical (unpaired) electrons. The molecule has 0 fully saturated rings. The Kier molecular flexibility index (Phi) is 3.42. The van der Waals surface area contributed by atoms with Gasteiger partial charge in [0.15, 0.2) is 0 Å². The fourth-order valence-electron chi connectivity index (χ4n) is 2.34. The lowest BCUT2D eigenvalue weighted by Crippen LogP contribution is -2.29. The molecule has 0 saturated heterocycles.